The van der Waals surface area contributed by atoms with Gasteiger partial charge in [-0.1, -0.05) is 6.92 Å². The number of nitrogens with two attached hydrogens (primary N) is 1. The zero-order chi connectivity index (χ0) is 10.9. The van der Waals surface area contributed by atoms with Crippen molar-refractivity contribution in [2.45, 2.75) is 52.1 Å². The molecule has 0 spiro atoms. The molecule has 84 valence electrons. The van der Waals surface area contributed by atoms with Crippen LogP contribution in [0, 0.1) is 5.41 Å². The second-order valence-corrected chi connectivity index (χ2v) is 4.73. The van der Waals surface area contributed by atoms with Gasteiger partial charge in [-0.15, -0.1) is 0 Å². The molecule has 4 nitrogen and oxygen atoms in total. The third kappa shape index (κ3) is 2.04. The highest BCUT2D eigenvalue weighted by Gasteiger charge is 2.46. The maximum absolute atomic E-state index is 6.02. The van der Waals surface area contributed by atoms with Crippen LogP contribution in [-0.2, 0) is 13.0 Å². The Kier molecular flexibility index (Phi) is 2.78. The molecule has 0 amide bonds. The number of aromatic nitrogens is 3. The van der Waals surface area contributed by atoms with E-state index in [1.54, 1.807) is 6.33 Å². The normalized spacial score (nSPS) is 20.2. The number of hydrogen-bond donors (Lipinski definition) is 1. The summed E-state index contributed by atoms with van der Waals surface area (Å²) in [7, 11) is 0. The van der Waals surface area contributed by atoms with Crippen LogP contribution >= 0.6 is 0 Å². The summed E-state index contributed by atoms with van der Waals surface area (Å²) in [5.41, 5.74) is 6.33. The molecule has 0 radical (unpaired) electrons. The van der Waals surface area contributed by atoms with E-state index in [0.29, 0.717) is 5.41 Å². The zero-order valence-electron chi connectivity index (χ0n) is 9.61. The Bertz CT molecular complexity index is 325. The molecular formula is C11H20N4. The first-order valence-corrected chi connectivity index (χ1v) is 5.80. The summed E-state index contributed by atoms with van der Waals surface area (Å²) in [5.74, 6) is 1.10. The molecule has 1 aliphatic rings. The van der Waals surface area contributed by atoms with Crippen LogP contribution in [0.3, 0.4) is 0 Å². The number of aryl methyl sites for hydroxylation is 1. The molecule has 0 bridgehead atoms. The van der Waals surface area contributed by atoms with Crippen molar-refractivity contribution < 1.29 is 0 Å². The molecule has 2 N–H and O–H groups in total. The van der Waals surface area contributed by atoms with E-state index in [4.69, 9.17) is 5.73 Å². The van der Waals surface area contributed by atoms with E-state index in [1.165, 1.54) is 12.8 Å². The Morgan fingerprint density at radius 3 is 2.87 bits per heavy atom. The minimum Gasteiger partial charge on any atom is -0.327 e. The largest absolute Gasteiger partial charge is 0.327 e. The first kappa shape index (κ1) is 10.6. The molecule has 1 aromatic heterocycles. The molecule has 1 atom stereocenters. The van der Waals surface area contributed by atoms with Crippen molar-refractivity contribution >= 4 is 0 Å². The number of rotatable bonds is 5. The lowest BCUT2D eigenvalue weighted by atomic mass is 9.94. The summed E-state index contributed by atoms with van der Waals surface area (Å²) in [5, 5.41) is 4.24. The fourth-order valence-electron chi connectivity index (χ4n) is 2.09. The second kappa shape index (κ2) is 3.93. The van der Waals surface area contributed by atoms with Crippen LogP contribution < -0.4 is 5.73 Å². The average molecular weight is 208 g/mol. The van der Waals surface area contributed by atoms with Crippen LogP contribution in [0.15, 0.2) is 6.33 Å². The van der Waals surface area contributed by atoms with Crippen LogP contribution in [0.1, 0.15) is 38.9 Å². The maximum atomic E-state index is 6.02. The van der Waals surface area contributed by atoms with Crippen LogP contribution in [0.25, 0.3) is 0 Å². The number of hydrogen-bond acceptors (Lipinski definition) is 3. The molecule has 1 fully saturated rings. The molecular weight excluding hydrogens is 188 g/mol. The summed E-state index contributed by atoms with van der Waals surface area (Å²) in [4.78, 5) is 4.34. The predicted molar refractivity (Wildman–Crippen MR) is 59.3 cm³/mol. The lowest BCUT2D eigenvalue weighted by Crippen LogP contribution is -2.30. The summed E-state index contributed by atoms with van der Waals surface area (Å²) < 4.78 is 2.02. The van der Waals surface area contributed by atoms with Gasteiger partial charge in [0, 0.05) is 19.0 Å². The number of nitrogens with zero attached hydrogens (tertiary/aromatic N) is 3. The van der Waals surface area contributed by atoms with Gasteiger partial charge in [0.1, 0.15) is 12.2 Å². The molecule has 1 aliphatic carbocycles. The Morgan fingerprint density at radius 1 is 1.60 bits per heavy atom. The van der Waals surface area contributed by atoms with Crippen LogP contribution in [0.2, 0.25) is 0 Å². The van der Waals surface area contributed by atoms with Crippen molar-refractivity contribution in [1.82, 2.24) is 14.8 Å². The molecule has 4 heteroatoms. The van der Waals surface area contributed by atoms with E-state index in [9.17, 15) is 0 Å². The first-order chi connectivity index (χ1) is 7.18. The second-order valence-electron chi connectivity index (χ2n) is 4.73. The Hall–Kier alpha value is -0.900. The highest BCUT2D eigenvalue weighted by Crippen LogP contribution is 2.50. The van der Waals surface area contributed by atoms with E-state index in [0.717, 1.165) is 25.2 Å². The third-order valence-corrected chi connectivity index (χ3v) is 3.50. The monoisotopic (exact) mass is 208 g/mol. The van der Waals surface area contributed by atoms with Crippen molar-refractivity contribution in [3.05, 3.63) is 12.2 Å². The van der Waals surface area contributed by atoms with Crippen LogP contribution in [0.4, 0.5) is 0 Å². The van der Waals surface area contributed by atoms with Crippen molar-refractivity contribution in [3.8, 4) is 0 Å². The van der Waals surface area contributed by atoms with Gasteiger partial charge >= 0.3 is 0 Å². The molecule has 15 heavy (non-hydrogen) atoms. The highest BCUT2D eigenvalue weighted by atomic mass is 15.3. The predicted octanol–water partition coefficient (Wildman–Crippen LogP) is 1.36. The summed E-state index contributed by atoms with van der Waals surface area (Å²) in [6.45, 7) is 5.22. The summed E-state index contributed by atoms with van der Waals surface area (Å²) >= 11 is 0. The van der Waals surface area contributed by atoms with Crippen molar-refractivity contribution in [1.29, 1.82) is 0 Å². The van der Waals surface area contributed by atoms with Gasteiger partial charge < -0.3 is 5.73 Å². The molecule has 1 saturated carbocycles. The van der Waals surface area contributed by atoms with Gasteiger partial charge in [0.2, 0.25) is 0 Å². The van der Waals surface area contributed by atoms with Gasteiger partial charge in [0.15, 0.2) is 0 Å². The third-order valence-electron chi connectivity index (χ3n) is 3.50. The maximum Gasteiger partial charge on any atom is 0.138 e. The lowest BCUT2D eigenvalue weighted by Gasteiger charge is -2.18. The smallest absolute Gasteiger partial charge is 0.138 e. The Labute approximate surface area is 90.9 Å². The van der Waals surface area contributed by atoms with E-state index in [1.807, 2.05) is 4.68 Å². The topological polar surface area (TPSA) is 56.7 Å². The average Bonchev–Trinajstić information content (AvgIpc) is 2.85. The fourth-order valence-corrected chi connectivity index (χ4v) is 2.09. The molecule has 0 aliphatic heterocycles. The molecule has 2 rings (SSSR count). The van der Waals surface area contributed by atoms with E-state index in [2.05, 4.69) is 23.9 Å². The van der Waals surface area contributed by atoms with Gasteiger partial charge in [-0.2, -0.15) is 5.10 Å². The van der Waals surface area contributed by atoms with Gasteiger partial charge in [-0.3, -0.25) is 4.68 Å². The quantitative estimate of drug-likeness (QED) is 0.795. The first-order valence-electron chi connectivity index (χ1n) is 5.80. The van der Waals surface area contributed by atoms with Gasteiger partial charge in [0.25, 0.3) is 0 Å². The minimum atomic E-state index is 0.268. The Balaban J connectivity index is 2.07. The zero-order valence-corrected chi connectivity index (χ0v) is 9.61. The van der Waals surface area contributed by atoms with Crippen LogP contribution in [0.5, 0.6) is 0 Å². The van der Waals surface area contributed by atoms with Gasteiger partial charge in [0.05, 0.1) is 0 Å². The standard InChI is InChI=1S/C11H20N4/c1-3-6-15-10(13-8-14-15)7-11(4-5-11)9(2)12/h8-9H,3-7,12H2,1-2H3. The molecule has 0 saturated heterocycles. The minimum absolute atomic E-state index is 0.268. The van der Waals surface area contributed by atoms with E-state index in [-0.39, 0.29) is 6.04 Å². The van der Waals surface area contributed by atoms with Crippen molar-refractivity contribution in [2.24, 2.45) is 11.1 Å². The fraction of sp³-hybridized carbons (Fsp3) is 0.818. The van der Waals surface area contributed by atoms with Gasteiger partial charge in [-0.05, 0) is 31.6 Å². The highest BCUT2D eigenvalue weighted by molar-refractivity contribution is 5.06. The molecule has 1 aromatic rings. The van der Waals surface area contributed by atoms with Crippen molar-refractivity contribution in [2.75, 3.05) is 0 Å². The van der Waals surface area contributed by atoms with E-state index < -0.39 is 0 Å². The molecule has 1 heterocycles. The van der Waals surface area contributed by atoms with Gasteiger partial charge in [-0.25, -0.2) is 4.98 Å². The van der Waals surface area contributed by atoms with E-state index >= 15 is 0 Å². The molecule has 1 unspecified atom stereocenters. The van der Waals surface area contributed by atoms with Crippen LogP contribution in [-0.4, -0.2) is 20.8 Å². The van der Waals surface area contributed by atoms with Crippen molar-refractivity contribution in [3.63, 3.8) is 0 Å². The summed E-state index contributed by atoms with van der Waals surface area (Å²) in [6, 6.07) is 0.268. The lowest BCUT2D eigenvalue weighted by molar-refractivity contribution is 0.396. The summed E-state index contributed by atoms with van der Waals surface area (Å²) in [6.07, 6.45) is 6.22. The Morgan fingerprint density at radius 2 is 2.33 bits per heavy atom. The SMILES string of the molecule is CCCn1ncnc1CC1(C(C)N)CC1. The molecule has 0 aromatic carbocycles.